The van der Waals surface area contributed by atoms with Gasteiger partial charge in [0.15, 0.2) is 6.61 Å². The highest BCUT2D eigenvalue weighted by molar-refractivity contribution is 6.42. The Hall–Kier alpha value is -2.82. The number of halogens is 2. The number of benzene rings is 3. The first-order valence-corrected chi connectivity index (χ1v) is 9.38. The van der Waals surface area contributed by atoms with Gasteiger partial charge in [-0.3, -0.25) is 9.79 Å². The minimum Gasteiger partial charge on any atom is -0.484 e. The molecular weight excluding hydrogens is 395 g/mol. The molecule has 3 rings (SSSR count). The molecule has 28 heavy (non-hydrogen) atoms. The van der Waals surface area contributed by atoms with Gasteiger partial charge in [0.1, 0.15) is 5.75 Å². The average Bonchev–Trinajstić information content (AvgIpc) is 2.73. The van der Waals surface area contributed by atoms with Gasteiger partial charge in [0.2, 0.25) is 0 Å². The van der Waals surface area contributed by atoms with Crippen LogP contribution in [0.2, 0.25) is 10.0 Å². The molecule has 0 aliphatic rings. The Morgan fingerprint density at radius 3 is 2.43 bits per heavy atom. The number of amides is 1. The summed E-state index contributed by atoms with van der Waals surface area (Å²) in [6, 6.07) is 22.2. The maximum Gasteiger partial charge on any atom is 0.258 e. The summed E-state index contributed by atoms with van der Waals surface area (Å²) in [5.74, 6) is 0.440. The van der Waals surface area contributed by atoms with E-state index in [0.29, 0.717) is 28.0 Å². The molecule has 1 N–H and O–H groups in total. The Morgan fingerprint density at radius 2 is 1.71 bits per heavy atom. The fraction of sp³-hybridized carbons (Fsp3) is 0.0909. The van der Waals surface area contributed by atoms with Crippen LogP contribution < -0.4 is 10.1 Å². The first-order valence-electron chi connectivity index (χ1n) is 8.63. The van der Waals surface area contributed by atoms with Crippen molar-refractivity contribution in [3.63, 3.8) is 0 Å². The molecule has 0 radical (unpaired) electrons. The lowest BCUT2D eigenvalue weighted by Crippen LogP contribution is -2.28. The van der Waals surface area contributed by atoms with Crippen LogP contribution in [0, 0.1) is 0 Å². The molecule has 6 heteroatoms. The van der Waals surface area contributed by atoms with Crippen LogP contribution in [0.4, 0.5) is 5.69 Å². The molecule has 0 spiro atoms. The largest absolute Gasteiger partial charge is 0.484 e. The molecule has 0 saturated carbocycles. The Bertz CT molecular complexity index is 958. The number of carbonyl (C=O) groups excluding carboxylic acids is 1. The average molecular weight is 413 g/mol. The van der Waals surface area contributed by atoms with Gasteiger partial charge in [-0.2, -0.15) is 0 Å². The highest BCUT2D eigenvalue weighted by atomic mass is 35.5. The van der Waals surface area contributed by atoms with Gasteiger partial charge in [0, 0.05) is 12.8 Å². The maximum absolute atomic E-state index is 11.9. The summed E-state index contributed by atoms with van der Waals surface area (Å²) in [6.45, 7) is 0.441. The zero-order valence-electron chi connectivity index (χ0n) is 14.9. The minimum atomic E-state index is -0.172. The predicted octanol–water partition coefficient (Wildman–Crippen LogP) is 5.44. The van der Waals surface area contributed by atoms with E-state index in [9.17, 15) is 4.79 Å². The van der Waals surface area contributed by atoms with E-state index in [4.69, 9.17) is 27.9 Å². The van der Waals surface area contributed by atoms with Crippen LogP contribution >= 0.6 is 23.2 Å². The van der Waals surface area contributed by atoms with Gasteiger partial charge in [-0.15, -0.1) is 0 Å². The standard InChI is InChI=1S/C22H18Cl2N2O2/c23-20-11-8-18(12-21(20)24)25-13-17-6-9-19(10-7-17)28-15-22(27)26-14-16-4-2-1-3-5-16/h1-13H,14-15H2,(H,26,27). The molecule has 0 aliphatic heterocycles. The zero-order valence-corrected chi connectivity index (χ0v) is 16.5. The van der Waals surface area contributed by atoms with E-state index < -0.39 is 0 Å². The molecule has 0 bridgehead atoms. The molecule has 0 aromatic heterocycles. The van der Waals surface area contributed by atoms with Crippen LogP contribution in [0.5, 0.6) is 5.75 Å². The molecule has 3 aromatic carbocycles. The monoisotopic (exact) mass is 412 g/mol. The van der Waals surface area contributed by atoms with Crippen molar-refractivity contribution >= 4 is 41.0 Å². The van der Waals surface area contributed by atoms with Gasteiger partial charge >= 0.3 is 0 Å². The van der Waals surface area contributed by atoms with Crippen LogP contribution in [0.1, 0.15) is 11.1 Å². The van der Waals surface area contributed by atoms with Gasteiger partial charge < -0.3 is 10.1 Å². The quantitative estimate of drug-likeness (QED) is 0.525. The fourth-order valence-electron chi connectivity index (χ4n) is 2.36. The number of hydrogen-bond acceptors (Lipinski definition) is 3. The van der Waals surface area contributed by atoms with Gasteiger partial charge in [-0.05, 0) is 53.6 Å². The van der Waals surface area contributed by atoms with Crippen LogP contribution in [0.3, 0.4) is 0 Å². The van der Waals surface area contributed by atoms with Crippen molar-refractivity contribution in [1.82, 2.24) is 5.32 Å². The summed E-state index contributed by atoms with van der Waals surface area (Å²) in [7, 11) is 0. The van der Waals surface area contributed by atoms with Crippen molar-refractivity contribution in [3.8, 4) is 5.75 Å². The molecule has 0 atom stereocenters. The summed E-state index contributed by atoms with van der Waals surface area (Å²) in [5.41, 5.74) is 2.65. The number of nitrogens with zero attached hydrogens (tertiary/aromatic N) is 1. The van der Waals surface area contributed by atoms with Crippen LogP contribution in [0.25, 0.3) is 0 Å². The third-order valence-corrected chi connectivity index (χ3v) is 4.59. The van der Waals surface area contributed by atoms with Gasteiger partial charge in [-0.1, -0.05) is 53.5 Å². The van der Waals surface area contributed by atoms with Crippen molar-refractivity contribution in [2.45, 2.75) is 6.54 Å². The molecule has 0 fully saturated rings. The number of hydrogen-bond donors (Lipinski definition) is 1. The number of rotatable bonds is 7. The van der Waals surface area contributed by atoms with E-state index in [1.165, 1.54) is 0 Å². The molecule has 0 aliphatic carbocycles. The Kier molecular flexibility index (Phi) is 7.06. The number of nitrogens with one attached hydrogen (secondary N) is 1. The van der Waals surface area contributed by atoms with Crippen molar-refractivity contribution in [2.75, 3.05) is 6.61 Å². The molecular formula is C22H18Cl2N2O2. The minimum absolute atomic E-state index is 0.0382. The topological polar surface area (TPSA) is 50.7 Å². The Morgan fingerprint density at radius 1 is 0.964 bits per heavy atom. The third kappa shape index (κ3) is 6.12. The predicted molar refractivity (Wildman–Crippen MR) is 114 cm³/mol. The fourth-order valence-corrected chi connectivity index (χ4v) is 2.65. The summed E-state index contributed by atoms with van der Waals surface area (Å²) in [5, 5.41) is 3.78. The third-order valence-electron chi connectivity index (χ3n) is 3.85. The summed E-state index contributed by atoms with van der Waals surface area (Å²) >= 11 is 11.9. The van der Waals surface area contributed by atoms with Gasteiger partial charge in [-0.25, -0.2) is 0 Å². The lowest BCUT2D eigenvalue weighted by molar-refractivity contribution is -0.123. The van der Waals surface area contributed by atoms with E-state index in [1.54, 1.807) is 36.5 Å². The van der Waals surface area contributed by atoms with E-state index in [0.717, 1.165) is 11.1 Å². The highest BCUT2D eigenvalue weighted by Crippen LogP contribution is 2.26. The number of ether oxygens (including phenoxy) is 1. The molecule has 3 aromatic rings. The van der Waals surface area contributed by atoms with E-state index in [1.807, 2.05) is 42.5 Å². The lowest BCUT2D eigenvalue weighted by atomic mass is 10.2. The smallest absolute Gasteiger partial charge is 0.258 e. The van der Waals surface area contributed by atoms with Crippen LogP contribution in [0.15, 0.2) is 77.8 Å². The lowest BCUT2D eigenvalue weighted by Gasteiger charge is -2.08. The second-order valence-corrected chi connectivity index (χ2v) is 6.79. The van der Waals surface area contributed by atoms with Crippen LogP contribution in [-0.4, -0.2) is 18.7 Å². The highest BCUT2D eigenvalue weighted by Gasteiger charge is 2.03. The van der Waals surface area contributed by atoms with Crippen LogP contribution in [-0.2, 0) is 11.3 Å². The molecule has 142 valence electrons. The van der Waals surface area contributed by atoms with E-state index in [-0.39, 0.29) is 12.5 Å². The Balaban J connectivity index is 1.48. The summed E-state index contributed by atoms with van der Waals surface area (Å²) in [4.78, 5) is 16.3. The zero-order chi connectivity index (χ0) is 19.8. The van der Waals surface area contributed by atoms with Crippen molar-refractivity contribution in [3.05, 3.63) is 94.0 Å². The molecule has 1 amide bonds. The maximum atomic E-state index is 11.9. The van der Waals surface area contributed by atoms with Crippen molar-refractivity contribution < 1.29 is 9.53 Å². The number of carbonyl (C=O) groups is 1. The normalized spacial score (nSPS) is 10.8. The van der Waals surface area contributed by atoms with E-state index >= 15 is 0 Å². The van der Waals surface area contributed by atoms with Crippen molar-refractivity contribution in [1.29, 1.82) is 0 Å². The van der Waals surface area contributed by atoms with E-state index in [2.05, 4.69) is 10.3 Å². The van der Waals surface area contributed by atoms with Gasteiger partial charge in [0.25, 0.3) is 5.91 Å². The molecule has 4 nitrogen and oxygen atoms in total. The second kappa shape index (κ2) is 9.93. The van der Waals surface area contributed by atoms with Gasteiger partial charge in [0.05, 0.1) is 15.7 Å². The first kappa shape index (κ1) is 19.9. The summed E-state index contributed by atoms with van der Waals surface area (Å²) in [6.07, 6.45) is 1.72. The molecule has 0 unspecified atom stereocenters. The second-order valence-electron chi connectivity index (χ2n) is 5.98. The SMILES string of the molecule is O=C(COc1ccc(C=Nc2ccc(Cl)c(Cl)c2)cc1)NCc1ccccc1. The molecule has 0 heterocycles. The molecule has 0 saturated heterocycles. The summed E-state index contributed by atoms with van der Waals surface area (Å²) < 4.78 is 5.51. The first-order chi connectivity index (χ1) is 13.6. The number of aliphatic imine (C=N–C) groups is 1. The Labute approximate surface area is 173 Å². The van der Waals surface area contributed by atoms with Crippen molar-refractivity contribution in [2.24, 2.45) is 4.99 Å².